The number of ether oxygens (including phenoxy) is 4. The first-order chi connectivity index (χ1) is 18.1. The van der Waals surface area contributed by atoms with Crippen molar-refractivity contribution in [1.82, 2.24) is 0 Å². The Bertz CT molecular complexity index is 920. The van der Waals surface area contributed by atoms with Crippen molar-refractivity contribution in [2.45, 2.75) is 70.3 Å². The Hall–Kier alpha value is -2.33. The maximum Gasteiger partial charge on any atom is 0.306 e. The predicted octanol–water partition coefficient (Wildman–Crippen LogP) is 4.74. The van der Waals surface area contributed by atoms with Gasteiger partial charge in [-0.1, -0.05) is 93.6 Å². The van der Waals surface area contributed by atoms with Gasteiger partial charge in [-0.15, -0.1) is 0 Å². The number of rotatable bonds is 17. The number of hydrogen-bond donors (Lipinski definition) is 1. The standard InChI is InChI=1S/C30H44O7Si/c1-24(17-18-25(35-22-33-5)19-20-26(21-29(31)32)36-23-34-6)37-38(30(2,3)4,27-13-9-7-10-14-27)28-15-11-8-12-16-28/h7-16,19-20,24-26H,17-18,21-23H2,1-6H3,(H,31,32)/b20-19+/t24-,25+,26+/m1/s1. The van der Waals surface area contributed by atoms with E-state index < -0.39 is 20.4 Å². The summed E-state index contributed by atoms with van der Waals surface area (Å²) >= 11 is 0. The summed E-state index contributed by atoms with van der Waals surface area (Å²) in [6.45, 7) is 9.05. The molecular formula is C30H44O7Si. The zero-order valence-electron chi connectivity index (χ0n) is 23.6. The van der Waals surface area contributed by atoms with Crippen LogP contribution in [-0.4, -0.2) is 65.5 Å². The summed E-state index contributed by atoms with van der Waals surface area (Å²) in [6.07, 6.45) is 3.86. The third-order valence-corrected chi connectivity index (χ3v) is 11.5. The van der Waals surface area contributed by atoms with Gasteiger partial charge in [-0.05, 0) is 35.2 Å². The molecule has 1 N–H and O–H groups in total. The van der Waals surface area contributed by atoms with Gasteiger partial charge in [-0.2, -0.15) is 0 Å². The third-order valence-electron chi connectivity index (χ3n) is 6.37. The SMILES string of the molecule is COCO[C@H](/C=C/[C@@H](CC(=O)O)OCOC)CC[C@@H](C)O[Si](c1ccccc1)(c1ccccc1)C(C)(C)C. The number of carboxylic acids is 1. The molecule has 2 aromatic rings. The second kappa shape index (κ2) is 15.9. The van der Waals surface area contributed by atoms with Gasteiger partial charge in [0.1, 0.15) is 13.6 Å². The minimum Gasteiger partial charge on any atom is -0.481 e. The molecular weight excluding hydrogens is 500 g/mol. The van der Waals surface area contributed by atoms with Crippen LogP contribution >= 0.6 is 0 Å². The van der Waals surface area contributed by atoms with Crippen molar-refractivity contribution in [2.24, 2.45) is 0 Å². The third kappa shape index (κ3) is 9.45. The van der Waals surface area contributed by atoms with Crippen LogP contribution in [0.4, 0.5) is 0 Å². The number of carboxylic acid groups (broad SMARTS) is 1. The fraction of sp³-hybridized carbons (Fsp3) is 0.500. The van der Waals surface area contributed by atoms with Crippen LogP contribution in [0.3, 0.4) is 0 Å². The van der Waals surface area contributed by atoms with Crippen molar-refractivity contribution >= 4 is 24.7 Å². The van der Waals surface area contributed by atoms with Gasteiger partial charge in [0.15, 0.2) is 0 Å². The van der Waals surface area contributed by atoms with Crippen LogP contribution in [0.15, 0.2) is 72.8 Å². The maximum atomic E-state index is 11.2. The predicted molar refractivity (Wildman–Crippen MR) is 152 cm³/mol. The lowest BCUT2D eigenvalue weighted by molar-refractivity contribution is -0.141. The lowest BCUT2D eigenvalue weighted by atomic mass is 10.1. The van der Waals surface area contributed by atoms with E-state index in [2.05, 4.69) is 76.2 Å². The molecule has 0 bridgehead atoms. The lowest BCUT2D eigenvalue weighted by Crippen LogP contribution is -2.67. The molecule has 210 valence electrons. The van der Waals surface area contributed by atoms with Crippen LogP contribution in [0, 0.1) is 0 Å². The first-order valence-electron chi connectivity index (χ1n) is 13.0. The Kier molecular flexibility index (Phi) is 13.4. The minimum atomic E-state index is -2.66. The fourth-order valence-electron chi connectivity index (χ4n) is 4.60. The van der Waals surface area contributed by atoms with Crippen molar-refractivity contribution in [3.05, 3.63) is 72.8 Å². The van der Waals surface area contributed by atoms with Gasteiger partial charge in [0.25, 0.3) is 8.32 Å². The molecule has 0 aliphatic carbocycles. The molecule has 0 aliphatic heterocycles. The fourth-order valence-corrected chi connectivity index (χ4v) is 9.34. The molecule has 0 spiro atoms. The molecule has 2 aromatic carbocycles. The Morgan fingerprint density at radius 1 is 0.842 bits per heavy atom. The summed E-state index contributed by atoms with van der Waals surface area (Å²) in [7, 11) is 0.411. The van der Waals surface area contributed by atoms with E-state index in [0.717, 1.165) is 6.42 Å². The molecule has 0 saturated carbocycles. The van der Waals surface area contributed by atoms with Crippen molar-refractivity contribution in [2.75, 3.05) is 27.8 Å². The van der Waals surface area contributed by atoms with Crippen molar-refractivity contribution < 1.29 is 33.3 Å². The van der Waals surface area contributed by atoms with E-state index >= 15 is 0 Å². The van der Waals surface area contributed by atoms with Crippen LogP contribution in [0.25, 0.3) is 0 Å². The number of carbonyl (C=O) groups is 1. The van der Waals surface area contributed by atoms with Gasteiger partial charge in [0.2, 0.25) is 0 Å². The molecule has 0 aliphatic rings. The molecule has 0 saturated heterocycles. The molecule has 38 heavy (non-hydrogen) atoms. The monoisotopic (exact) mass is 544 g/mol. The van der Waals surface area contributed by atoms with Crippen LogP contribution in [0.2, 0.25) is 5.04 Å². The summed E-state index contributed by atoms with van der Waals surface area (Å²) in [4.78, 5) is 11.2. The Balaban J connectivity index is 2.26. The van der Waals surface area contributed by atoms with E-state index in [1.807, 2.05) is 18.2 Å². The highest BCUT2D eigenvalue weighted by atomic mass is 28.4. The molecule has 8 heteroatoms. The smallest absolute Gasteiger partial charge is 0.306 e. The molecule has 2 rings (SSSR count). The quantitative estimate of drug-likeness (QED) is 0.175. The average molecular weight is 545 g/mol. The zero-order valence-corrected chi connectivity index (χ0v) is 24.6. The van der Waals surface area contributed by atoms with E-state index in [0.29, 0.717) is 6.42 Å². The van der Waals surface area contributed by atoms with Crippen molar-refractivity contribution in [1.29, 1.82) is 0 Å². The first kappa shape index (κ1) is 31.9. The van der Waals surface area contributed by atoms with E-state index in [-0.39, 0.29) is 37.3 Å². The van der Waals surface area contributed by atoms with E-state index in [1.165, 1.54) is 17.5 Å². The summed E-state index contributed by atoms with van der Waals surface area (Å²) in [5, 5.41) is 11.6. The van der Waals surface area contributed by atoms with Crippen LogP contribution < -0.4 is 10.4 Å². The largest absolute Gasteiger partial charge is 0.481 e. The number of aliphatic carboxylic acids is 1. The normalized spacial score (nSPS) is 14.9. The average Bonchev–Trinajstić information content (AvgIpc) is 2.89. The molecule has 0 amide bonds. The molecule has 7 nitrogen and oxygen atoms in total. The van der Waals surface area contributed by atoms with Gasteiger partial charge in [0.05, 0.1) is 18.6 Å². The van der Waals surface area contributed by atoms with Crippen LogP contribution in [0.1, 0.15) is 47.0 Å². The second-order valence-electron chi connectivity index (χ2n) is 10.4. The van der Waals surface area contributed by atoms with Gasteiger partial charge in [0, 0.05) is 20.3 Å². The Labute approximate surface area is 228 Å². The highest BCUT2D eigenvalue weighted by Gasteiger charge is 2.50. The van der Waals surface area contributed by atoms with E-state index in [4.69, 9.17) is 23.4 Å². The second-order valence-corrected chi connectivity index (χ2v) is 14.6. The molecule has 0 unspecified atom stereocenters. The van der Waals surface area contributed by atoms with Gasteiger partial charge in [-0.3, -0.25) is 4.79 Å². The highest BCUT2D eigenvalue weighted by molar-refractivity contribution is 6.99. The van der Waals surface area contributed by atoms with Crippen molar-refractivity contribution in [3.8, 4) is 0 Å². The van der Waals surface area contributed by atoms with Gasteiger partial charge >= 0.3 is 5.97 Å². The summed E-state index contributed by atoms with van der Waals surface area (Å²) in [5.74, 6) is -0.947. The Morgan fingerprint density at radius 3 is 1.76 bits per heavy atom. The molecule has 3 atom stereocenters. The molecule has 0 aromatic heterocycles. The van der Waals surface area contributed by atoms with Gasteiger partial charge in [-0.25, -0.2) is 0 Å². The molecule has 0 heterocycles. The summed E-state index contributed by atoms with van der Waals surface area (Å²) in [6, 6.07) is 21.2. The minimum absolute atomic E-state index is 0.00917. The first-order valence-corrected chi connectivity index (χ1v) is 14.9. The number of methoxy groups -OCH3 is 2. The molecule has 0 fully saturated rings. The zero-order chi connectivity index (χ0) is 28.0. The number of hydrogen-bond acceptors (Lipinski definition) is 6. The van der Waals surface area contributed by atoms with Crippen molar-refractivity contribution in [3.63, 3.8) is 0 Å². The van der Waals surface area contributed by atoms with E-state index in [1.54, 1.807) is 13.2 Å². The lowest BCUT2D eigenvalue weighted by Gasteiger charge is -2.44. The maximum absolute atomic E-state index is 11.2. The summed E-state index contributed by atoms with van der Waals surface area (Å²) < 4.78 is 28.6. The highest BCUT2D eigenvalue weighted by Crippen LogP contribution is 2.38. The van der Waals surface area contributed by atoms with Crippen LogP contribution in [-0.2, 0) is 28.2 Å². The van der Waals surface area contributed by atoms with E-state index in [9.17, 15) is 9.90 Å². The van der Waals surface area contributed by atoms with Crippen LogP contribution in [0.5, 0.6) is 0 Å². The molecule has 0 radical (unpaired) electrons. The Morgan fingerprint density at radius 2 is 1.32 bits per heavy atom. The van der Waals surface area contributed by atoms with Gasteiger partial charge < -0.3 is 28.5 Å². The topological polar surface area (TPSA) is 83.5 Å². The number of benzene rings is 2. The summed E-state index contributed by atoms with van der Waals surface area (Å²) in [5.41, 5.74) is 0.